The predicted molar refractivity (Wildman–Crippen MR) is 51.1 cm³/mol. The highest BCUT2D eigenvalue weighted by atomic mass is 32.2. The first-order chi connectivity index (χ1) is 6.91. The van der Waals surface area contributed by atoms with Crippen LogP contribution in [0, 0.1) is 0 Å². The summed E-state index contributed by atoms with van der Waals surface area (Å²) >= 11 is 0. The number of nitrogens with zero attached hydrogens (tertiary/aromatic N) is 2. The SMILES string of the molecule is Nc1nc2n(c1C(=O)O)CCS(=O)(=O)C2. The minimum atomic E-state index is -3.16. The maximum absolute atomic E-state index is 11.3. The lowest BCUT2D eigenvalue weighted by Crippen LogP contribution is -2.26. The van der Waals surface area contributed by atoms with Crippen molar-refractivity contribution in [1.29, 1.82) is 0 Å². The van der Waals surface area contributed by atoms with Gasteiger partial charge in [-0.1, -0.05) is 0 Å². The van der Waals surface area contributed by atoms with Gasteiger partial charge in [0.25, 0.3) is 0 Å². The fraction of sp³-hybridized carbons (Fsp3) is 0.429. The molecule has 0 fully saturated rings. The second kappa shape index (κ2) is 2.96. The Bertz CT molecular complexity index is 531. The first-order valence-electron chi connectivity index (χ1n) is 4.19. The first-order valence-corrected chi connectivity index (χ1v) is 6.01. The van der Waals surface area contributed by atoms with Crippen molar-refractivity contribution in [2.45, 2.75) is 12.3 Å². The number of hydrogen-bond acceptors (Lipinski definition) is 5. The van der Waals surface area contributed by atoms with Crippen LogP contribution in [0.2, 0.25) is 0 Å². The summed E-state index contributed by atoms with van der Waals surface area (Å²) in [5.74, 6) is -1.43. The van der Waals surface area contributed by atoms with Crippen molar-refractivity contribution in [3.63, 3.8) is 0 Å². The summed E-state index contributed by atoms with van der Waals surface area (Å²) in [4.78, 5) is 14.6. The van der Waals surface area contributed by atoms with Crippen molar-refractivity contribution < 1.29 is 18.3 Å². The monoisotopic (exact) mass is 231 g/mol. The van der Waals surface area contributed by atoms with E-state index < -0.39 is 15.8 Å². The van der Waals surface area contributed by atoms with Crippen LogP contribution in [0.25, 0.3) is 0 Å². The van der Waals surface area contributed by atoms with Gasteiger partial charge < -0.3 is 15.4 Å². The predicted octanol–water partition coefficient (Wildman–Crippen LogP) is -0.908. The van der Waals surface area contributed by atoms with Gasteiger partial charge >= 0.3 is 5.97 Å². The molecule has 0 atom stereocenters. The third-order valence-corrected chi connectivity index (χ3v) is 3.75. The molecule has 0 bridgehead atoms. The minimum Gasteiger partial charge on any atom is -0.476 e. The number of imidazole rings is 1. The summed E-state index contributed by atoms with van der Waals surface area (Å²) in [5, 5.41) is 8.85. The molecule has 1 aliphatic heterocycles. The number of nitrogen functional groups attached to an aromatic ring is 1. The summed E-state index contributed by atoms with van der Waals surface area (Å²) in [5.41, 5.74) is 5.28. The van der Waals surface area contributed by atoms with E-state index in [1.54, 1.807) is 0 Å². The Morgan fingerprint density at radius 1 is 1.53 bits per heavy atom. The van der Waals surface area contributed by atoms with Gasteiger partial charge in [-0.15, -0.1) is 0 Å². The number of fused-ring (bicyclic) bond motifs is 1. The Morgan fingerprint density at radius 3 is 2.80 bits per heavy atom. The van der Waals surface area contributed by atoms with Crippen molar-refractivity contribution in [2.24, 2.45) is 0 Å². The van der Waals surface area contributed by atoms with Gasteiger partial charge in [-0.2, -0.15) is 0 Å². The molecule has 1 aliphatic rings. The topological polar surface area (TPSA) is 115 Å². The number of rotatable bonds is 1. The molecule has 0 radical (unpaired) electrons. The zero-order valence-electron chi connectivity index (χ0n) is 7.67. The highest BCUT2D eigenvalue weighted by molar-refractivity contribution is 7.90. The van der Waals surface area contributed by atoms with Gasteiger partial charge in [0, 0.05) is 6.54 Å². The van der Waals surface area contributed by atoms with Gasteiger partial charge in [-0.25, -0.2) is 18.2 Å². The number of aromatic carboxylic acids is 1. The number of carboxylic acids is 1. The third kappa shape index (κ3) is 1.56. The molecule has 2 heterocycles. The van der Waals surface area contributed by atoms with E-state index in [0.29, 0.717) is 0 Å². The minimum absolute atomic E-state index is 0.0733. The van der Waals surface area contributed by atoms with E-state index in [4.69, 9.17) is 10.8 Å². The van der Waals surface area contributed by atoms with E-state index in [1.807, 2.05) is 0 Å². The molecule has 1 aromatic heterocycles. The second-order valence-corrected chi connectivity index (χ2v) is 5.49. The fourth-order valence-electron chi connectivity index (χ4n) is 1.59. The summed E-state index contributed by atoms with van der Waals surface area (Å²) in [7, 11) is -3.16. The van der Waals surface area contributed by atoms with Crippen LogP contribution in [0.3, 0.4) is 0 Å². The molecule has 0 aliphatic carbocycles. The van der Waals surface area contributed by atoms with Crippen LogP contribution >= 0.6 is 0 Å². The number of anilines is 1. The van der Waals surface area contributed by atoms with Crippen LogP contribution in [0.1, 0.15) is 16.3 Å². The Kier molecular flexibility index (Phi) is 1.97. The Labute approximate surface area is 85.4 Å². The van der Waals surface area contributed by atoms with Gasteiger partial charge in [0.05, 0.1) is 5.75 Å². The largest absolute Gasteiger partial charge is 0.476 e. The average Bonchev–Trinajstić information content (AvgIpc) is 2.37. The van der Waals surface area contributed by atoms with Crippen molar-refractivity contribution in [3.8, 4) is 0 Å². The Balaban J connectivity index is 2.58. The van der Waals surface area contributed by atoms with Crippen LogP contribution in [0.15, 0.2) is 0 Å². The van der Waals surface area contributed by atoms with Crippen LogP contribution in [0.4, 0.5) is 5.82 Å². The summed E-state index contributed by atoms with van der Waals surface area (Å²) in [6, 6.07) is 0. The molecular formula is C7H9N3O4S. The molecule has 0 saturated carbocycles. The number of hydrogen-bond donors (Lipinski definition) is 2. The number of nitrogens with two attached hydrogens (primary N) is 1. The molecule has 7 nitrogen and oxygen atoms in total. The van der Waals surface area contributed by atoms with Crippen molar-refractivity contribution >= 4 is 21.6 Å². The van der Waals surface area contributed by atoms with E-state index in [2.05, 4.69) is 4.98 Å². The molecule has 8 heteroatoms. The standard InChI is InChI=1S/C7H9N3O4S/c8-6-5(7(11)12)10-1-2-15(13,14)3-4(10)9-6/h1-3,8H2,(H,11,12). The normalized spacial score (nSPS) is 18.4. The number of sulfone groups is 1. The molecule has 0 unspecified atom stereocenters. The van der Waals surface area contributed by atoms with Crippen LogP contribution in [0.5, 0.6) is 0 Å². The maximum atomic E-state index is 11.3. The lowest BCUT2D eigenvalue weighted by atomic mass is 10.4. The molecule has 0 aromatic carbocycles. The highest BCUT2D eigenvalue weighted by Gasteiger charge is 2.28. The highest BCUT2D eigenvalue weighted by Crippen LogP contribution is 2.20. The Hall–Kier alpha value is -1.57. The molecule has 15 heavy (non-hydrogen) atoms. The number of carboxylic acid groups (broad SMARTS) is 1. The Morgan fingerprint density at radius 2 is 2.20 bits per heavy atom. The second-order valence-electron chi connectivity index (χ2n) is 3.31. The van der Waals surface area contributed by atoms with Gasteiger partial charge in [0.2, 0.25) is 0 Å². The van der Waals surface area contributed by atoms with Crippen LogP contribution < -0.4 is 5.73 Å². The smallest absolute Gasteiger partial charge is 0.356 e. The zero-order chi connectivity index (χ0) is 11.2. The molecule has 2 rings (SSSR count). The summed E-state index contributed by atoms with van der Waals surface area (Å²) in [6.45, 7) is 0.101. The molecule has 0 spiro atoms. The van der Waals surface area contributed by atoms with E-state index in [0.717, 1.165) is 0 Å². The molecule has 0 saturated heterocycles. The van der Waals surface area contributed by atoms with Crippen LogP contribution in [-0.4, -0.2) is 34.8 Å². The van der Waals surface area contributed by atoms with Gasteiger partial charge in [-0.05, 0) is 0 Å². The van der Waals surface area contributed by atoms with Gasteiger partial charge in [-0.3, -0.25) is 0 Å². The van der Waals surface area contributed by atoms with Gasteiger partial charge in [0.1, 0.15) is 11.6 Å². The van der Waals surface area contributed by atoms with E-state index in [1.165, 1.54) is 4.57 Å². The molecular weight excluding hydrogens is 222 g/mol. The first kappa shape index (κ1) is 9.97. The zero-order valence-corrected chi connectivity index (χ0v) is 8.49. The van der Waals surface area contributed by atoms with Crippen molar-refractivity contribution in [1.82, 2.24) is 9.55 Å². The summed E-state index contributed by atoms with van der Waals surface area (Å²) in [6.07, 6.45) is 0. The maximum Gasteiger partial charge on any atom is 0.356 e. The van der Waals surface area contributed by atoms with Crippen molar-refractivity contribution in [3.05, 3.63) is 11.5 Å². The molecule has 3 N–H and O–H groups in total. The van der Waals surface area contributed by atoms with E-state index in [-0.39, 0.29) is 35.4 Å². The van der Waals surface area contributed by atoms with Crippen molar-refractivity contribution in [2.75, 3.05) is 11.5 Å². The quantitative estimate of drug-likeness (QED) is 0.646. The molecule has 82 valence electrons. The van der Waals surface area contributed by atoms with Gasteiger partial charge in [0.15, 0.2) is 21.3 Å². The summed E-state index contributed by atoms with van der Waals surface area (Å²) < 4.78 is 23.9. The third-order valence-electron chi connectivity index (χ3n) is 2.25. The lowest BCUT2D eigenvalue weighted by molar-refractivity contribution is 0.0686. The van der Waals surface area contributed by atoms with Crippen LogP contribution in [-0.2, 0) is 22.1 Å². The fourth-order valence-corrected chi connectivity index (χ4v) is 2.81. The molecule has 0 amide bonds. The average molecular weight is 231 g/mol. The number of aromatic nitrogens is 2. The lowest BCUT2D eigenvalue weighted by Gasteiger charge is -2.15. The number of carbonyl (C=O) groups is 1. The van der Waals surface area contributed by atoms with E-state index >= 15 is 0 Å². The molecule has 1 aromatic rings. The van der Waals surface area contributed by atoms with E-state index in [9.17, 15) is 13.2 Å².